The topological polar surface area (TPSA) is 49.9 Å². The molecule has 0 N–H and O–H groups in total. The van der Waals surface area contributed by atoms with Crippen LogP contribution in [0, 0.1) is 0 Å². The Kier molecular flexibility index (Phi) is 5.39. The molecule has 2 aliphatic rings. The molecule has 28 heavy (non-hydrogen) atoms. The minimum Gasteiger partial charge on any atom is -0.496 e. The SMILES string of the molecule is COc1cc(N2CCCCC2)ccc1/C=C1\SC(=O)N(c2ccccc2)C1=O. The monoisotopic (exact) mass is 394 g/mol. The van der Waals surface area contributed by atoms with Gasteiger partial charge >= 0.3 is 0 Å². The van der Waals surface area contributed by atoms with Crippen molar-refractivity contribution in [1.82, 2.24) is 0 Å². The van der Waals surface area contributed by atoms with Crippen LogP contribution in [0.25, 0.3) is 6.08 Å². The van der Waals surface area contributed by atoms with Crippen LogP contribution >= 0.6 is 11.8 Å². The van der Waals surface area contributed by atoms with Crippen LogP contribution in [-0.2, 0) is 4.79 Å². The van der Waals surface area contributed by atoms with E-state index in [9.17, 15) is 9.59 Å². The van der Waals surface area contributed by atoms with Crippen LogP contribution in [0.15, 0.2) is 53.4 Å². The lowest BCUT2D eigenvalue weighted by molar-refractivity contribution is -0.113. The van der Waals surface area contributed by atoms with Crippen molar-refractivity contribution >= 4 is 40.4 Å². The summed E-state index contributed by atoms with van der Waals surface area (Å²) in [4.78, 5) is 29.2. The molecular weight excluding hydrogens is 372 g/mol. The van der Waals surface area contributed by atoms with E-state index < -0.39 is 0 Å². The number of para-hydroxylation sites is 1. The number of amides is 2. The highest BCUT2D eigenvalue weighted by Gasteiger charge is 2.36. The van der Waals surface area contributed by atoms with Gasteiger partial charge in [0.15, 0.2) is 0 Å². The Morgan fingerprint density at radius 2 is 1.71 bits per heavy atom. The van der Waals surface area contributed by atoms with Gasteiger partial charge in [-0.2, -0.15) is 0 Å². The van der Waals surface area contributed by atoms with Crippen LogP contribution in [0.5, 0.6) is 5.75 Å². The van der Waals surface area contributed by atoms with Crippen LogP contribution in [0.2, 0.25) is 0 Å². The molecule has 2 aliphatic heterocycles. The summed E-state index contributed by atoms with van der Waals surface area (Å²) in [5.74, 6) is 0.401. The molecule has 0 saturated carbocycles. The second-order valence-electron chi connectivity index (χ2n) is 6.83. The van der Waals surface area contributed by atoms with Crippen LogP contribution in [0.3, 0.4) is 0 Å². The van der Waals surface area contributed by atoms with Gasteiger partial charge in [-0.25, -0.2) is 4.90 Å². The van der Waals surface area contributed by atoms with Gasteiger partial charge in [-0.1, -0.05) is 18.2 Å². The summed E-state index contributed by atoms with van der Waals surface area (Å²) in [6.45, 7) is 2.11. The predicted molar refractivity (Wildman–Crippen MR) is 114 cm³/mol. The number of carbonyl (C=O) groups excluding carboxylic acids is 2. The van der Waals surface area contributed by atoms with Crippen LogP contribution in [0.1, 0.15) is 24.8 Å². The highest BCUT2D eigenvalue weighted by atomic mass is 32.2. The zero-order chi connectivity index (χ0) is 19.5. The Balaban J connectivity index is 1.61. The van der Waals surface area contributed by atoms with E-state index in [1.54, 1.807) is 25.3 Å². The van der Waals surface area contributed by atoms with Gasteiger partial charge in [0.25, 0.3) is 11.1 Å². The van der Waals surface area contributed by atoms with Crippen molar-refractivity contribution in [3.8, 4) is 5.75 Å². The van der Waals surface area contributed by atoms with Crippen LogP contribution < -0.4 is 14.5 Å². The Bertz CT molecular complexity index is 921. The molecule has 0 atom stereocenters. The molecule has 2 heterocycles. The molecule has 2 fully saturated rings. The number of benzene rings is 2. The second kappa shape index (κ2) is 8.10. The number of hydrogen-bond acceptors (Lipinski definition) is 5. The zero-order valence-electron chi connectivity index (χ0n) is 15.8. The number of methoxy groups -OCH3 is 1. The molecule has 5 nitrogen and oxygen atoms in total. The van der Waals surface area contributed by atoms with Crippen molar-refractivity contribution < 1.29 is 14.3 Å². The van der Waals surface area contributed by atoms with E-state index in [4.69, 9.17) is 4.74 Å². The summed E-state index contributed by atoms with van der Waals surface area (Å²) in [6.07, 6.45) is 5.43. The molecule has 0 unspecified atom stereocenters. The average molecular weight is 394 g/mol. The highest BCUT2D eigenvalue weighted by Crippen LogP contribution is 2.37. The molecule has 2 aromatic carbocycles. The fourth-order valence-corrected chi connectivity index (χ4v) is 4.41. The first-order valence-electron chi connectivity index (χ1n) is 9.43. The maximum Gasteiger partial charge on any atom is 0.298 e. The molecule has 144 valence electrons. The summed E-state index contributed by atoms with van der Waals surface area (Å²) in [5, 5.41) is -0.286. The smallest absolute Gasteiger partial charge is 0.298 e. The van der Waals surface area contributed by atoms with Crippen molar-refractivity contribution in [2.24, 2.45) is 0 Å². The van der Waals surface area contributed by atoms with E-state index in [0.717, 1.165) is 36.1 Å². The van der Waals surface area contributed by atoms with E-state index in [-0.39, 0.29) is 11.1 Å². The summed E-state index contributed by atoms with van der Waals surface area (Å²) in [5.41, 5.74) is 2.51. The zero-order valence-corrected chi connectivity index (χ0v) is 16.6. The molecule has 0 aliphatic carbocycles. The fourth-order valence-electron chi connectivity index (χ4n) is 3.58. The third-order valence-corrected chi connectivity index (χ3v) is 5.90. The fraction of sp³-hybridized carbons (Fsp3) is 0.273. The minimum atomic E-state index is -0.302. The molecule has 0 radical (unpaired) electrons. The van der Waals surface area contributed by atoms with Crippen molar-refractivity contribution in [1.29, 1.82) is 0 Å². The quantitative estimate of drug-likeness (QED) is 0.689. The number of rotatable bonds is 4. The normalized spacial score (nSPS) is 18.8. The number of ether oxygens (including phenoxy) is 1. The van der Waals surface area contributed by atoms with Gasteiger partial charge in [-0.15, -0.1) is 0 Å². The molecule has 2 amide bonds. The Morgan fingerprint density at radius 3 is 2.43 bits per heavy atom. The maximum absolute atomic E-state index is 12.8. The Hall–Kier alpha value is -2.73. The number of anilines is 2. The average Bonchev–Trinajstić information content (AvgIpc) is 3.02. The highest BCUT2D eigenvalue weighted by molar-refractivity contribution is 8.19. The number of hydrogen-bond donors (Lipinski definition) is 0. The molecule has 2 saturated heterocycles. The van der Waals surface area contributed by atoms with Gasteiger partial charge in [0, 0.05) is 30.4 Å². The number of carbonyl (C=O) groups is 2. The summed E-state index contributed by atoms with van der Waals surface area (Å²) >= 11 is 0.955. The number of nitrogens with zero attached hydrogens (tertiary/aromatic N) is 2. The third kappa shape index (κ3) is 3.64. The molecule has 2 aromatic rings. The first-order chi connectivity index (χ1) is 13.7. The van der Waals surface area contributed by atoms with Gasteiger partial charge < -0.3 is 9.64 Å². The molecule has 0 aromatic heterocycles. The standard InChI is InChI=1S/C22H22N2O3S/c1-27-19-15-18(23-12-6-3-7-13-23)11-10-16(19)14-20-21(25)24(22(26)28-20)17-8-4-2-5-9-17/h2,4-5,8-11,14-15H,3,6-7,12-13H2,1H3/b20-14-. The van der Waals surface area contributed by atoms with Crippen molar-refractivity contribution in [2.45, 2.75) is 19.3 Å². The van der Waals surface area contributed by atoms with Crippen LogP contribution in [-0.4, -0.2) is 31.3 Å². The van der Waals surface area contributed by atoms with Crippen molar-refractivity contribution in [3.63, 3.8) is 0 Å². The Labute approximate surface area is 169 Å². The summed E-state index contributed by atoms with van der Waals surface area (Å²) in [6, 6.07) is 15.0. The molecule has 0 spiro atoms. The lowest BCUT2D eigenvalue weighted by Gasteiger charge is -2.29. The van der Waals surface area contributed by atoms with Gasteiger partial charge in [0.05, 0.1) is 17.7 Å². The minimum absolute atomic E-state index is 0.286. The van der Waals surface area contributed by atoms with Crippen molar-refractivity contribution in [3.05, 3.63) is 59.0 Å². The number of imide groups is 1. The maximum atomic E-state index is 12.8. The predicted octanol–water partition coefficient (Wildman–Crippen LogP) is 4.93. The van der Waals surface area contributed by atoms with Gasteiger partial charge in [0.1, 0.15) is 5.75 Å². The van der Waals surface area contributed by atoms with Gasteiger partial charge in [0.2, 0.25) is 0 Å². The summed E-state index contributed by atoms with van der Waals surface area (Å²) < 4.78 is 5.57. The van der Waals surface area contributed by atoms with Crippen LogP contribution in [0.4, 0.5) is 16.2 Å². The molecule has 0 bridgehead atoms. The van der Waals surface area contributed by atoms with E-state index in [1.165, 1.54) is 24.2 Å². The molecule has 6 heteroatoms. The largest absolute Gasteiger partial charge is 0.496 e. The van der Waals surface area contributed by atoms with E-state index in [0.29, 0.717) is 16.3 Å². The Morgan fingerprint density at radius 1 is 0.964 bits per heavy atom. The first kappa shape index (κ1) is 18.6. The number of thioether (sulfide) groups is 1. The molecular formula is C22H22N2O3S. The van der Waals surface area contributed by atoms with Crippen molar-refractivity contribution in [2.75, 3.05) is 30.0 Å². The van der Waals surface area contributed by atoms with Gasteiger partial charge in [-0.05, 0) is 61.4 Å². The van der Waals surface area contributed by atoms with E-state index >= 15 is 0 Å². The second-order valence-corrected chi connectivity index (χ2v) is 7.82. The molecule has 4 rings (SSSR count). The van der Waals surface area contributed by atoms with E-state index in [1.807, 2.05) is 30.3 Å². The first-order valence-corrected chi connectivity index (χ1v) is 10.2. The summed E-state index contributed by atoms with van der Waals surface area (Å²) in [7, 11) is 1.63. The number of piperidine rings is 1. The third-order valence-electron chi connectivity index (χ3n) is 5.03. The lowest BCUT2D eigenvalue weighted by atomic mass is 10.1. The van der Waals surface area contributed by atoms with E-state index in [2.05, 4.69) is 11.0 Å². The lowest BCUT2D eigenvalue weighted by Crippen LogP contribution is -2.29. The van der Waals surface area contributed by atoms with Gasteiger partial charge in [-0.3, -0.25) is 9.59 Å².